The number of ether oxygens (including phenoxy) is 2. The average Bonchev–Trinajstić information content (AvgIpc) is 2.36. The molecule has 0 aromatic heterocycles. The molecule has 2 N–H and O–H groups in total. The molecule has 0 spiro atoms. The molecule has 22 heavy (non-hydrogen) atoms. The van der Waals surface area contributed by atoms with Crippen LogP contribution in [-0.2, 0) is 15.0 Å². The van der Waals surface area contributed by atoms with Crippen molar-refractivity contribution < 1.29 is 14.3 Å². The first-order valence-corrected chi connectivity index (χ1v) is 7.89. The fourth-order valence-corrected chi connectivity index (χ4v) is 3.04. The third kappa shape index (κ3) is 4.30. The van der Waals surface area contributed by atoms with Gasteiger partial charge in [-0.25, -0.2) is 4.79 Å². The maximum absolute atomic E-state index is 11.0. The molecule has 1 unspecified atom stereocenters. The minimum absolute atomic E-state index is 0.440. The van der Waals surface area contributed by atoms with E-state index in [0.29, 0.717) is 19.6 Å². The summed E-state index contributed by atoms with van der Waals surface area (Å²) >= 11 is 3.48. The Balaban J connectivity index is 2.23. The van der Waals surface area contributed by atoms with Crippen LogP contribution in [0.25, 0.3) is 0 Å². The van der Waals surface area contributed by atoms with E-state index in [4.69, 9.17) is 20.2 Å². The van der Waals surface area contributed by atoms with Crippen LogP contribution in [0.15, 0.2) is 33.7 Å². The van der Waals surface area contributed by atoms with Crippen LogP contribution in [0, 0.1) is 0 Å². The fourth-order valence-electron chi connectivity index (χ4n) is 2.64. The Labute approximate surface area is 139 Å². The van der Waals surface area contributed by atoms with Crippen molar-refractivity contribution in [1.82, 2.24) is 0 Å². The number of nitrogens with two attached hydrogens (primary N) is 1. The number of hydrogen-bond acceptors (Lipinski definition) is 4. The highest BCUT2D eigenvalue weighted by Crippen LogP contribution is 2.31. The van der Waals surface area contributed by atoms with E-state index in [0.717, 1.165) is 15.7 Å². The molecule has 0 saturated carbocycles. The number of benzene rings is 1. The van der Waals surface area contributed by atoms with E-state index in [2.05, 4.69) is 15.9 Å². The van der Waals surface area contributed by atoms with Crippen LogP contribution >= 0.6 is 15.9 Å². The van der Waals surface area contributed by atoms with Crippen molar-refractivity contribution in [1.29, 1.82) is 0 Å². The van der Waals surface area contributed by atoms with E-state index >= 15 is 0 Å². The molecule has 1 atom stereocenters. The van der Waals surface area contributed by atoms with Crippen LogP contribution in [0.1, 0.15) is 32.8 Å². The molecular formula is C16H21BrN2O3. The van der Waals surface area contributed by atoms with E-state index in [9.17, 15) is 4.79 Å². The molecule has 1 amide bonds. The molecular weight excluding hydrogens is 348 g/mol. The monoisotopic (exact) mass is 368 g/mol. The zero-order valence-corrected chi connectivity index (χ0v) is 14.6. The number of carbonyl (C=O) groups excluding carboxylic acids is 1. The Hall–Kier alpha value is -1.40. The Morgan fingerprint density at radius 2 is 2.27 bits per heavy atom. The summed E-state index contributed by atoms with van der Waals surface area (Å²) in [5.74, 6) is 0. The Morgan fingerprint density at radius 1 is 1.55 bits per heavy atom. The van der Waals surface area contributed by atoms with Gasteiger partial charge in [-0.2, -0.15) is 0 Å². The predicted octanol–water partition coefficient (Wildman–Crippen LogP) is 3.40. The Kier molecular flexibility index (Phi) is 4.92. The normalized spacial score (nSPS) is 22.1. The van der Waals surface area contributed by atoms with E-state index in [1.54, 1.807) is 0 Å². The van der Waals surface area contributed by atoms with Crippen LogP contribution in [0.3, 0.4) is 0 Å². The molecule has 0 bridgehead atoms. The number of hydrogen-bond donors (Lipinski definition) is 1. The molecule has 1 aliphatic heterocycles. The molecule has 0 aliphatic carbocycles. The van der Waals surface area contributed by atoms with E-state index in [1.165, 1.54) is 0 Å². The van der Waals surface area contributed by atoms with Gasteiger partial charge in [0.05, 0.1) is 13.2 Å². The summed E-state index contributed by atoms with van der Waals surface area (Å²) in [6.45, 7) is 6.62. The molecule has 1 aromatic carbocycles. The van der Waals surface area contributed by atoms with Crippen molar-refractivity contribution in [2.24, 2.45) is 10.7 Å². The van der Waals surface area contributed by atoms with Gasteiger partial charge in [-0.05, 0) is 38.5 Å². The second kappa shape index (κ2) is 6.38. The van der Waals surface area contributed by atoms with Gasteiger partial charge < -0.3 is 15.2 Å². The van der Waals surface area contributed by atoms with Crippen molar-refractivity contribution >= 4 is 27.7 Å². The van der Waals surface area contributed by atoms with Gasteiger partial charge in [0, 0.05) is 16.6 Å². The summed E-state index contributed by atoms with van der Waals surface area (Å²) in [6.07, 6.45) is -0.295. The van der Waals surface area contributed by atoms with Gasteiger partial charge in [-0.15, -0.1) is 0 Å². The summed E-state index contributed by atoms with van der Waals surface area (Å²) < 4.78 is 11.9. The number of carbonyl (C=O) groups is 1. The third-order valence-corrected chi connectivity index (χ3v) is 4.00. The highest BCUT2D eigenvalue weighted by molar-refractivity contribution is 9.10. The summed E-state index contributed by atoms with van der Waals surface area (Å²) in [5.41, 5.74) is 5.90. The second-order valence-electron chi connectivity index (χ2n) is 6.31. The van der Waals surface area contributed by atoms with Crippen LogP contribution in [0.5, 0.6) is 0 Å². The molecule has 120 valence electrons. The molecule has 0 fully saturated rings. The fraction of sp³-hybridized carbons (Fsp3) is 0.500. The highest BCUT2D eigenvalue weighted by atomic mass is 79.9. The van der Waals surface area contributed by atoms with Gasteiger partial charge in [-0.3, -0.25) is 4.99 Å². The zero-order chi connectivity index (χ0) is 16.4. The summed E-state index contributed by atoms with van der Waals surface area (Å²) in [7, 11) is 0. The number of primary amides is 1. The molecule has 1 heterocycles. The zero-order valence-electron chi connectivity index (χ0n) is 13.1. The molecule has 0 saturated heterocycles. The quantitative estimate of drug-likeness (QED) is 0.884. The van der Waals surface area contributed by atoms with E-state index in [-0.39, 0.29) is 0 Å². The predicted molar refractivity (Wildman–Crippen MR) is 89.1 cm³/mol. The van der Waals surface area contributed by atoms with Crippen molar-refractivity contribution in [2.45, 2.75) is 38.3 Å². The lowest BCUT2D eigenvalue weighted by atomic mass is 9.91. The molecule has 2 rings (SSSR count). The summed E-state index contributed by atoms with van der Waals surface area (Å²) in [6, 6.07) is 8.03. The largest absolute Gasteiger partial charge is 0.443 e. The first-order valence-electron chi connectivity index (χ1n) is 7.10. The Morgan fingerprint density at radius 3 is 2.91 bits per heavy atom. The minimum Gasteiger partial charge on any atom is -0.443 e. The molecule has 0 radical (unpaired) electrons. The molecule has 1 aliphatic rings. The number of rotatable bonds is 4. The second-order valence-corrected chi connectivity index (χ2v) is 7.23. The van der Waals surface area contributed by atoms with Gasteiger partial charge in [0.25, 0.3) is 0 Å². The number of halogens is 1. The number of nitrogens with zero attached hydrogens (tertiary/aromatic N) is 1. The first kappa shape index (κ1) is 17.0. The maximum atomic E-state index is 11.0. The van der Waals surface area contributed by atoms with Crippen LogP contribution in [-0.4, -0.2) is 30.6 Å². The van der Waals surface area contributed by atoms with Gasteiger partial charge in [-0.1, -0.05) is 28.1 Å². The standard InChI is InChI=1S/C16H21BrN2O3/c1-15(2,22-14(18)20)8-13-9-21-10-16(3,19-13)11-5-4-6-12(17)7-11/h4-7H,8-10H2,1-3H3,(H2,18,20). The smallest absolute Gasteiger partial charge is 0.405 e. The SMILES string of the molecule is CC(C)(CC1=NC(C)(c2cccc(Br)c2)COC1)OC(N)=O. The van der Waals surface area contributed by atoms with E-state index < -0.39 is 17.2 Å². The molecule has 5 nitrogen and oxygen atoms in total. The van der Waals surface area contributed by atoms with Gasteiger partial charge in [0.2, 0.25) is 0 Å². The maximum Gasteiger partial charge on any atom is 0.405 e. The average molecular weight is 369 g/mol. The van der Waals surface area contributed by atoms with E-state index in [1.807, 2.05) is 45.0 Å². The lowest BCUT2D eigenvalue weighted by molar-refractivity contribution is 0.0461. The van der Waals surface area contributed by atoms with Crippen molar-refractivity contribution in [2.75, 3.05) is 13.2 Å². The lowest BCUT2D eigenvalue weighted by Crippen LogP contribution is -2.39. The summed E-state index contributed by atoms with van der Waals surface area (Å²) in [5, 5.41) is 0. The molecule has 6 heteroatoms. The lowest BCUT2D eigenvalue weighted by Gasteiger charge is -2.33. The van der Waals surface area contributed by atoms with Gasteiger partial charge in [0.15, 0.2) is 0 Å². The summed E-state index contributed by atoms with van der Waals surface area (Å²) in [4.78, 5) is 15.8. The topological polar surface area (TPSA) is 73.9 Å². The molecule has 1 aromatic rings. The van der Waals surface area contributed by atoms with Crippen LogP contribution < -0.4 is 5.73 Å². The van der Waals surface area contributed by atoms with Gasteiger partial charge in [0.1, 0.15) is 11.1 Å². The third-order valence-electron chi connectivity index (χ3n) is 3.51. The van der Waals surface area contributed by atoms with Gasteiger partial charge >= 0.3 is 6.09 Å². The Bertz CT molecular complexity index is 601. The van der Waals surface area contributed by atoms with Crippen LogP contribution in [0.4, 0.5) is 4.79 Å². The minimum atomic E-state index is -0.780. The van der Waals surface area contributed by atoms with Crippen molar-refractivity contribution in [3.8, 4) is 0 Å². The van der Waals surface area contributed by atoms with Crippen molar-refractivity contribution in [3.05, 3.63) is 34.3 Å². The van der Waals surface area contributed by atoms with Crippen LogP contribution in [0.2, 0.25) is 0 Å². The number of amides is 1. The number of aliphatic imine (C=N–C) groups is 1. The van der Waals surface area contributed by atoms with Crippen molar-refractivity contribution in [3.63, 3.8) is 0 Å². The highest BCUT2D eigenvalue weighted by Gasteiger charge is 2.33. The first-order chi connectivity index (χ1) is 10.2.